The number of esters is 1. The summed E-state index contributed by atoms with van der Waals surface area (Å²) in [6, 6.07) is -2.89. The number of alkyl halides is 3. The van der Waals surface area contributed by atoms with E-state index in [2.05, 4.69) is 4.74 Å². The minimum Gasteiger partial charge on any atom is -0.480 e. The Labute approximate surface area is 105 Å². The molecule has 110 valence electrons. The van der Waals surface area contributed by atoms with Crippen molar-refractivity contribution in [2.24, 2.45) is 5.73 Å². The molecule has 0 saturated heterocycles. The van der Waals surface area contributed by atoms with Crippen molar-refractivity contribution >= 4 is 17.8 Å². The van der Waals surface area contributed by atoms with Gasteiger partial charge in [0.2, 0.25) is 5.91 Å². The van der Waals surface area contributed by atoms with Gasteiger partial charge in [-0.3, -0.25) is 4.79 Å². The van der Waals surface area contributed by atoms with Gasteiger partial charge in [0, 0.05) is 0 Å². The maximum Gasteiger partial charge on any atom is 0.490 e. The maximum absolute atomic E-state index is 11.9. The number of nitrogens with one attached hydrogen (secondary N) is 1. The van der Waals surface area contributed by atoms with Crippen LogP contribution in [-0.4, -0.2) is 47.3 Å². The highest BCUT2D eigenvalue weighted by molar-refractivity contribution is 5.87. The fraction of sp³-hybridized carbons (Fsp3) is 0.667. The minimum atomic E-state index is -5.25. The zero-order valence-corrected chi connectivity index (χ0v) is 10.0. The van der Waals surface area contributed by atoms with Crippen LogP contribution in [0.2, 0.25) is 0 Å². The van der Waals surface area contributed by atoms with Gasteiger partial charge >= 0.3 is 18.1 Å². The highest BCUT2D eigenvalue weighted by Crippen LogP contribution is 2.18. The predicted octanol–water partition coefficient (Wildman–Crippen LogP) is -0.603. The van der Waals surface area contributed by atoms with Gasteiger partial charge in [0.1, 0.15) is 6.10 Å². The first-order valence-corrected chi connectivity index (χ1v) is 5.03. The van der Waals surface area contributed by atoms with E-state index in [1.807, 2.05) is 5.32 Å². The first-order valence-electron chi connectivity index (χ1n) is 5.03. The third kappa shape index (κ3) is 5.55. The molecule has 0 unspecified atom stereocenters. The highest BCUT2D eigenvalue weighted by atomic mass is 19.4. The third-order valence-corrected chi connectivity index (χ3v) is 1.97. The smallest absolute Gasteiger partial charge is 0.480 e. The van der Waals surface area contributed by atoms with Gasteiger partial charge in [-0.2, -0.15) is 13.2 Å². The van der Waals surface area contributed by atoms with Crippen LogP contribution in [0.15, 0.2) is 0 Å². The van der Waals surface area contributed by atoms with Crippen LogP contribution in [0.4, 0.5) is 13.2 Å². The van der Waals surface area contributed by atoms with Crippen LogP contribution >= 0.6 is 0 Å². The molecule has 4 N–H and O–H groups in total. The molecule has 0 radical (unpaired) electrons. The quantitative estimate of drug-likeness (QED) is 0.580. The average Bonchev–Trinajstić information content (AvgIpc) is 2.22. The molecule has 0 aliphatic heterocycles. The minimum absolute atomic E-state index is 0.901. The first-order chi connectivity index (χ1) is 8.46. The van der Waals surface area contributed by atoms with Crippen molar-refractivity contribution in [3.05, 3.63) is 0 Å². The van der Waals surface area contributed by atoms with E-state index < -0.39 is 42.2 Å². The monoisotopic (exact) mass is 286 g/mol. The summed E-state index contributed by atoms with van der Waals surface area (Å²) in [6.07, 6.45) is -6.96. The number of hydrogen-bond donors (Lipinski definition) is 3. The lowest BCUT2D eigenvalue weighted by molar-refractivity contribution is -0.205. The number of carboxylic acids is 1. The molecule has 0 aromatic carbocycles. The topological polar surface area (TPSA) is 119 Å². The standard InChI is InChI=1S/C9H13F3N2O5/c1-3(13)6(15)14-5(7(16)17)4(2)19-8(18)9(10,11)12/h3-5H,13H2,1-2H3,(H,14,15)(H,16,17)/t3-,4+,5-/m0/s1. The Morgan fingerprint density at radius 3 is 2.05 bits per heavy atom. The number of carboxylic acid groups (broad SMARTS) is 1. The summed E-state index contributed by atoms with van der Waals surface area (Å²) >= 11 is 0. The summed E-state index contributed by atoms with van der Waals surface area (Å²) in [6.45, 7) is 2.16. The van der Waals surface area contributed by atoms with Crippen LogP contribution in [0.1, 0.15) is 13.8 Å². The van der Waals surface area contributed by atoms with Crippen LogP contribution in [0, 0.1) is 0 Å². The SMILES string of the molecule is C[C@H](N)C(=O)N[C@H](C(=O)O)[C@@H](C)OC(=O)C(F)(F)F. The molecule has 0 saturated carbocycles. The number of carbonyl (C=O) groups is 3. The van der Waals surface area contributed by atoms with Crippen LogP contribution < -0.4 is 11.1 Å². The van der Waals surface area contributed by atoms with Crippen molar-refractivity contribution in [3.8, 4) is 0 Å². The second kappa shape index (κ2) is 6.36. The van der Waals surface area contributed by atoms with Crippen molar-refractivity contribution in [3.63, 3.8) is 0 Å². The van der Waals surface area contributed by atoms with Gasteiger partial charge in [0.15, 0.2) is 6.04 Å². The Morgan fingerprint density at radius 2 is 1.74 bits per heavy atom. The molecule has 0 heterocycles. The lowest BCUT2D eigenvalue weighted by Crippen LogP contribution is -2.53. The normalized spacial score (nSPS) is 16.1. The molecule has 0 bridgehead atoms. The number of nitrogens with two attached hydrogens (primary N) is 1. The molecule has 19 heavy (non-hydrogen) atoms. The molecule has 0 fully saturated rings. The Balaban J connectivity index is 4.77. The zero-order chi connectivity index (χ0) is 15.4. The number of hydrogen-bond acceptors (Lipinski definition) is 5. The van der Waals surface area contributed by atoms with E-state index in [0.717, 1.165) is 6.92 Å². The second-order valence-electron chi connectivity index (χ2n) is 3.72. The molecule has 10 heteroatoms. The summed E-state index contributed by atoms with van der Waals surface area (Å²) < 4.78 is 39.7. The van der Waals surface area contributed by atoms with E-state index in [1.54, 1.807) is 0 Å². The number of carbonyl (C=O) groups excluding carboxylic acids is 2. The molecule has 0 aromatic heterocycles. The summed E-state index contributed by atoms with van der Waals surface area (Å²) in [5, 5.41) is 10.6. The molecule has 0 aliphatic carbocycles. The Kier molecular flexibility index (Phi) is 5.75. The van der Waals surface area contributed by atoms with E-state index in [4.69, 9.17) is 10.8 Å². The van der Waals surface area contributed by atoms with Crippen LogP contribution in [0.5, 0.6) is 0 Å². The van der Waals surface area contributed by atoms with Gasteiger partial charge in [-0.05, 0) is 13.8 Å². The first kappa shape index (κ1) is 17.2. The Morgan fingerprint density at radius 1 is 1.26 bits per heavy atom. The Hall–Kier alpha value is -1.84. The number of rotatable bonds is 5. The summed E-state index contributed by atoms with van der Waals surface area (Å²) in [4.78, 5) is 32.5. The van der Waals surface area contributed by atoms with Crippen molar-refractivity contribution in [1.82, 2.24) is 5.32 Å². The molecular formula is C9H13F3N2O5. The third-order valence-electron chi connectivity index (χ3n) is 1.97. The van der Waals surface area contributed by atoms with E-state index in [-0.39, 0.29) is 0 Å². The molecule has 0 aromatic rings. The number of amides is 1. The van der Waals surface area contributed by atoms with E-state index in [1.165, 1.54) is 6.92 Å². The molecule has 7 nitrogen and oxygen atoms in total. The van der Waals surface area contributed by atoms with Crippen molar-refractivity contribution in [2.75, 3.05) is 0 Å². The van der Waals surface area contributed by atoms with Crippen molar-refractivity contribution < 1.29 is 37.4 Å². The van der Waals surface area contributed by atoms with Gasteiger partial charge in [-0.25, -0.2) is 9.59 Å². The second-order valence-corrected chi connectivity index (χ2v) is 3.72. The number of halogens is 3. The molecular weight excluding hydrogens is 273 g/mol. The van der Waals surface area contributed by atoms with E-state index in [0.29, 0.717) is 0 Å². The number of ether oxygens (including phenoxy) is 1. The van der Waals surface area contributed by atoms with Gasteiger partial charge in [-0.1, -0.05) is 0 Å². The molecule has 3 atom stereocenters. The summed E-state index contributed by atoms with van der Waals surface area (Å²) in [5.41, 5.74) is 5.16. The lowest BCUT2D eigenvalue weighted by Gasteiger charge is -2.22. The largest absolute Gasteiger partial charge is 0.490 e. The van der Waals surface area contributed by atoms with E-state index in [9.17, 15) is 27.6 Å². The van der Waals surface area contributed by atoms with Crippen molar-refractivity contribution in [1.29, 1.82) is 0 Å². The van der Waals surface area contributed by atoms with Gasteiger partial charge in [-0.15, -0.1) is 0 Å². The van der Waals surface area contributed by atoms with Gasteiger partial charge in [0.25, 0.3) is 0 Å². The van der Waals surface area contributed by atoms with Gasteiger partial charge < -0.3 is 20.9 Å². The molecule has 0 rings (SSSR count). The van der Waals surface area contributed by atoms with Crippen molar-refractivity contribution in [2.45, 2.75) is 38.2 Å². The molecule has 0 aliphatic rings. The average molecular weight is 286 g/mol. The van der Waals surface area contributed by atoms with Gasteiger partial charge in [0.05, 0.1) is 6.04 Å². The summed E-state index contributed by atoms with van der Waals surface area (Å²) in [7, 11) is 0. The lowest BCUT2D eigenvalue weighted by atomic mass is 10.1. The molecule has 1 amide bonds. The number of aliphatic carboxylic acids is 1. The van der Waals surface area contributed by atoms with Crippen LogP contribution in [0.25, 0.3) is 0 Å². The summed E-state index contributed by atoms with van der Waals surface area (Å²) in [5.74, 6) is -5.10. The fourth-order valence-electron chi connectivity index (χ4n) is 0.968. The van der Waals surface area contributed by atoms with E-state index >= 15 is 0 Å². The zero-order valence-electron chi connectivity index (χ0n) is 10.0. The van der Waals surface area contributed by atoms with Crippen LogP contribution in [-0.2, 0) is 19.1 Å². The maximum atomic E-state index is 11.9. The predicted molar refractivity (Wildman–Crippen MR) is 54.8 cm³/mol. The fourth-order valence-corrected chi connectivity index (χ4v) is 0.968. The molecule has 0 spiro atoms. The van der Waals surface area contributed by atoms with Crippen LogP contribution in [0.3, 0.4) is 0 Å². The Bertz CT molecular complexity index is 369. The highest BCUT2D eigenvalue weighted by Gasteiger charge is 2.43.